The zero-order valence-electron chi connectivity index (χ0n) is 18.5. The number of aromatic nitrogens is 2. The molecule has 6 heteroatoms. The fourth-order valence-electron chi connectivity index (χ4n) is 4.18. The Morgan fingerprint density at radius 3 is 2.55 bits per heavy atom. The summed E-state index contributed by atoms with van der Waals surface area (Å²) >= 11 is 1.72. The van der Waals surface area contributed by atoms with Gasteiger partial charge in [0.15, 0.2) is 0 Å². The Balaban J connectivity index is 1.32. The molecule has 0 aliphatic carbocycles. The second-order valence-corrected chi connectivity index (χ2v) is 9.45. The number of imidazole rings is 1. The molecule has 1 saturated heterocycles. The maximum atomic E-state index is 12.7. The van der Waals surface area contributed by atoms with Crippen LogP contribution < -0.4 is 5.32 Å². The van der Waals surface area contributed by atoms with Crippen LogP contribution in [0.4, 0.5) is 0 Å². The molecule has 0 atom stereocenters. The molecular formula is C25H32N4OS. The Morgan fingerprint density at radius 2 is 1.81 bits per heavy atom. The minimum atomic E-state index is 0.0111. The fourth-order valence-corrected chi connectivity index (χ4v) is 4.66. The van der Waals surface area contributed by atoms with Gasteiger partial charge in [-0.25, -0.2) is 4.98 Å². The average molecular weight is 437 g/mol. The third-order valence-electron chi connectivity index (χ3n) is 6.10. The topological polar surface area (TPSA) is 50.2 Å². The van der Waals surface area contributed by atoms with E-state index in [9.17, 15) is 4.79 Å². The molecule has 0 unspecified atom stereocenters. The van der Waals surface area contributed by atoms with Gasteiger partial charge in [0.25, 0.3) is 0 Å². The number of likely N-dealkylation sites (tertiary alicyclic amines) is 1. The number of thioether (sulfide) groups is 1. The molecule has 0 bridgehead atoms. The average Bonchev–Trinajstić information content (AvgIpc) is 3.12. The van der Waals surface area contributed by atoms with Crippen LogP contribution >= 0.6 is 11.8 Å². The molecule has 1 aromatic heterocycles. The van der Waals surface area contributed by atoms with Gasteiger partial charge in [0.2, 0.25) is 5.91 Å². The van der Waals surface area contributed by atoms with Gasteiger partial charge in [0, 0.05) is 13.1 Å². The molecule has 1 amide bonds. The van der Waals surface area contributed by atoms with E-state index >= 15 is 0 Å². The molecule has 0 spiro atoms. The third-order valence-corrected chi connectivity index (χ3v) is 6.65. The van der Waals surface area contributed by atoms with Gasteiger partial charge in [-0.05, 0) is 61.4 Å². The van der Waals surface area contributed by atoms with Crippen LogP contribution in [-0.4, -0.2) is 39.7 Å². The molecule has 4 rings (SSSR count). The minimum absolute atomic E-state index is 0.0111. The van der Waals surface area contributed by atoms with E-state index in [0.717, 1.165) is 40.6 Å². The molecule has 3 aromatic rings. The summed E-state index contributed by atoms with van der Waals surface area (Å²) < 4.78 is 2.03. The van der Waals surface area contributed by atoms with Gasteiger partial charge in [0.1, 0.15) is 12.4 Å². The van der Waals surface area contributed by atoms with Crippen LogP contribution in [0.5, 0.6) is 0 Å². The number of carbonyl (C=O) groups excluding carboxylic acids is 1. The van der Waals surface area contributed by atoms with Crippen LogP contribution in [0.3, 0.4) is 0 Å². The quantitative estimate of drug-likeness (QED) is 0.567. The molecular weight excluding hydrogens is 404 g/mol. The van der Waals surface area contributed by atoms with Crippen molar-refractivity contribution in [3.63, 3.8) is 0 Å². The van der Waals surface area contributed by atoms with E-state index in [-0.39, 0.29) is 5.91 Å². The number of amides is 1. The molecule has 31 heavy (non-hydrogen) atoms. The van der Waals surface area contributed by atoms with Gasteiger partial charge in [0.05, 0.1) is 16.8 Å². The highest BCUT2D eigenvalue weighted by Crippen LogP contribution is 2.20. The van der Waals surface area contributed by atoms with Gasteiger partial charge >= 0.3 is 0 Å². The number of fused-ring (bicyclic) bond motifs is 1. The van der Waals surface area contributed by atoms with Crippen molar-refractivity contribution in [1.82, 2.24) is 19.8 Å². The molecule has 1 aliphatic rings. The molecule has 1 aliphatic heterocycles. The number of hydrogen-bond acceptors (Lipinski definition) is 4. The second-order valence-electron chi connectivity index (χ2n) is 8.59. The van der Waals surface area contributed by atoms with E-state index in [4.69, 9.17) is 4.98 Å². The molecule has 0 saturated carbocycles. The first-order valence-electron chi connectivity index (χ1n) is 11.1. The summed E-state index contributed by atoms with van der Waals surface area (Å²) in [6.07, 6.45) is 4.66. The van der Waals surface area contributed by atoms with E-state index in [0.29, 0.717) is 13.1 Å². The summed E-state index contributed by atoms with van der Waals surface area (Å²) in [7, 11) is 0. The lowest BCUT2D eigenvalue weighted by Gasteiger charge is -2.30. The van der Waals surface area contributed by atoms with E-state index < -0.39 is 0 Å². The van der Waals surface area contributed by atoms with Crippen LogP contribution in [0.25, 0.3) is 11.0 Å². The second kappa shape index (κ2) is 10.3. The molecule has 5 nitrogen and oxygen atoms in total. The fraction of sp³-hybridized carbons (Fsp3) is 0.440. The molecule has 2 heterocycles. The Labute approximate surface area is 189 Å². The Bertz CT molecular complexity index is 1010. The predicted molar refractivity (Wildman–Crippen MR) is 129 cm³/mol. The highest BCUT2D eigenvalue weighted by molar-refractivity contribution is 7.97. The minimum Gasteiger partial charge on any atom is -0.350 e. The van der Waals surface area contributed by atoms with Crippen LogP contribution in [0.1, 0.15) is 36.7 Å². The number of para-hydroxylation sites is 2. The first kappa shape index (κ1) is 21.9. The number of carbonyl (C=O) groups is 1. The normalized spacial score (nSPS) is 15.4. The summed E-state index contributed by atoms with van der Waals surface area (Å²) in [6, 6.07) is 16.7. The zero-order valence-corrected chi connectivity index (χ0v) is 19.3. The summed E-state index contributed by atoms with van der Waals surface area (Å²) in [5.74, 6) is 2.61. The van der Waals surface area contributed by atoms with Crippen LogP contribution in [0.2, 0.25) is 0 Å². The standard InChI is InChI=1S/C25H32N4OS/c1-19-11-13-28(14-12-19)16-21-9-7-20(8-10-21)15-26-25(30)17-29-23-6-4-3-5-22(23)27-24(29)18-31-2/h3-10,19H,11-18H2,1-2H3,(H,26,30). The molecule has 0 radical (unpaired) electrons. The Kier molecular flexibility index (Phi) is 7.30. The van der Waals surface area contributed by atoms with Crippen molar-refractivity contribution in [2.45, 2.75) is 45.2 Å². The molecule has 1 fully saturated rings. The lowest BCUT2D eigenvalue weighted by Crippen LogP contribution is -2.32. The number of hydrogen-bond donors (Lipinski definition) is 1. The van der Waals surface area contributed by atoms with E-state index in [2.05, 4.69) is 47.7 Å². The zero-order chi connectivity index (χ0) is 21.6. The number of piperidine rings is 1. The predicted octanol–water partition coefficient (Wildman–Crippen LogP) is 4.45. The number of benzene rings is 2. The smallest absolute Gasteiger partial charge is 0.240 e. The van der Waals surface area contributed by atoms with Crippen molar-refractivity contribution < 1.29 is 4.79 Å². The van der Waals surface area contributed by atoms with Crippen molar-refractivity contribution >= 4 is 28.7 Å². The lowest BCUT2D eigenvalue weighted by molar-refractivity contribution is -0.121. The lowest BCUT2D eigenvalue weighted by atomic mass is 9.99. The maximum absolute atomic E-state index is 12.7. The van der Waals surface area contributed by atoms with Gasteiger partial charge in [-0.1, -0.05) is 43.3 Å². The summed E-state index contributed by atoms with van der Waals surface area (Å²) in [4.78, 5) is 19.9. The van der Waals surface area contributed by atoms with Crippen molar-refractivity contribution in [3.05, 3.63) is 65.5 Å². The molecule has 164 valence electrons. The summed E-state index contributed by atoms with van der Waals surface area (Å²) in [6.45, 7) is 6.60. The highest BCUT2D eigenvalue weighted by atomic mass is 32.2. The SMILES string of the molecule is CSCc1nc2ccccc2n1CC(=O)NCc1ccc(CN2CCC(C)CC2)cc1. The van der Waals surface area contributed by atoms with Gasteiger partial charge < -0.3 is 9.88 Å². The van der Waals surface area contributed by atoms with E-state index in [1.165, 1.54) is 31.5 Å². The van der Waals surface area contributed by atoms with E-state index in [1.807, 2.05) is 28.8 Å². The van der Waals surface area contributed by atoms with Gasteiger partial charge in [-0.3, -0.25) is 9.69 Å². The van der Waals surface area contributed by atoms with Crippen LogP contribution in [-0.2, 0) is 30.2 Å². The van der Waals surface area contributed by atoms with Crippen molar-refractivity contribution in [3.8, 4) is 0 Å². The van der Waals surface area contributed by atoms with Crippen molar-refractivity contribution in [1.29, 1.82) is 0 Å². The molecule has 2 aromatic carbocycles. The van der Waals surface area contributed by atoms with Crippen molar-refractivity contribution in [2.24, 2.45) is 5.92 Å². The monoisotopic (exact) mass is 436 g/mol. The number of nitrogens with zero attached hydrogens (tertiary/aromatic N) is 3. The first-order valence-corrected chi connectivity index (χ1v) is 12.5. The third kappa shape index (κ3) is 5.69. The van der Waals surface area contributed by atoms with Crippen LogP contribution in [0, 0.1) is 5.92 Å². The largest absolute Gasteiger partial charge is 0.350 e. The Hall–Kier alpha value is -2.31. The summed E-state index contributed by atoms with van der Waals surface area (Å²) in [5, 5.41) is 3.07. The highest BCUT2D eigenvalue weighted by Gasteiger charge is 2.16. The Morgan fingerprint density at radius 1 is 1.10 bits per heavy atom. The van der Waals surface area contributed by atoms with Crippen LogP contribution in [0.15, 0.2) is 48.5 Å². The number of nitrogens with one attached hydrogen (secondary N) is 1. The molecule has 1 N–H and O–H groups in total. The van der Waals surface area contributed by atoms with Gasteiger partial charge in [-0.2, -0.15) is 11.8 Å². The maximum Gasteiger partial charge on any atom is 0.240 e. The van der Waals surface area contributed by atoms with E-state index in [1.54, 1.807) is 11.8 Å². The van der Waals surface area contributed by atoms with Crippen molar-refractivity contribution in [2.75, 3.05) is 19.3 Å². The first-order chi connectivity index (χ1) is 15.1. The number of rotatable bonds is 8. The van der Waals surface area contributed by atoms with Gasteiger partial charge in [-0.15, -0.1) is 0 Å². The summed E-state index contributed by atoms with van der Waals surface area (Å²) in [5.41, 5.74) is 4.43.